The van der Waals surface area contributed by atoms with Gasteiger partial charge in [-0.2, -0.15) is 0 Å². The third-order valence-corrected chi connectivity index (χ3v) is 3.72. The maximum Gasteiger partial charge on any atom is 0.332 e. The maximum absolute atomic E-state index is 12.0. The molecule has 23 heavy (non-hydrogen) atoms. The van der Waals surface area contributed by atoms with Crippen molar-refractivity contribution in [3.8, 4) is 0 Å². The Morgan fingerprint density at radius 3 is 2.91 bits per heavy atom. The summed E-state index contributed by atoms with van der Waals surface area (Å²) in [7, 11) is 0. The van der Waals surface area contributed by atoms with Crippen molar-refractivity contribution in [2.45, 2.75) is 32.0 Å². The van der Waals surface area contributed by atoms with E-state index in [-0.39, 0.29) is 6.61 Å². The first-order valence-electron chi connectivity index (χ1n) is 7.57. The summed E-state index contributed by atoms with van der Waals surface area (Å²) in [4.78, 5) is 16.4. The third-order valence-electron chi connectivity index (χ3n) is 3.25. The van der Waals surface area contributed by atoms with Gasteiger partial charge in [0, 0.05) is 23.8 Å². The zero-order valence-corrected chi connectivity index (χ0v) is 15.3. The van der Waals surface area contributed by atoms with E-state index in [1.54, 1.807) is 6.20 Å². The minimum atomic E-state index is -0.811. The number of carbonyl (C=O) groups is 1. The molecule has 1 unspecified atom stereocenters. The highest BCUT2D eigenvalue weighted by Crippen LogP contribution is 2.26. The molecule has 0 aromatic carbocycles. The standard InChI is InChI=1S/C16H23BrN2O4/c1-15(2,3)23-14(20)9-22-16(10-18-6-7-21-11-16)13-5-4-12(17)8-19-13/h4-5,8,18H,6-7,9-11H2,1-3H3. The lowest BCUT2D eigenvalue weighted by Gasteiger charge is -2.31. The predicted octanol–water partition coefficient (Wildman–Crippen LogP) is 2.02. The molecule has 1 aromatic heterocycles. The van der Waals surface area contributed by atoms with Crippen LogP contribution in [0.1, 0.15) is 26.5 Å². The molecule has 1 saturated heterocycles. The normalized spacial score (nSPS) is 22.4. The highest BCUT2D eigenvalue weighted by molar-refractivity contribution is 9.10. The summed E-state index contributed by atoms with van der Waals surface area (Å²) in [5.74, 6) is -0.404. The monoisotopic (exact) mass is 386 g/mol. The van der Waals surface area contributed by atoms with Gasteiger partial charge in [0.05, 0.1) is 18.9 Å². The topological polar surface area (TPSA) is 69.7 Å². The van der Waals surface area contributed by atoms with Crippen molar-refractivity contribution in [3.63, 3.8) is 0 Å². The van der Waals surface area contributed by atoms with Gasteiger partial charge >= 0.3 is 5.97 Å². The first-order chi connectivity index (χ1) is 10.8. The van der Waals surface area contributed by atoms with E-state index in [0.717, 1.165) is 16.7 Å². The molecule has 2 heterocycles. The van der Waals surface area contributed by atoms with Gasteiger partial charge in [0.1, 0.15) is 17.8 Å². The summed E-state index contributed by atoms with van der Waals surface area (Å²) in [6.07, 6.45) is 1.71. The molecule has 1 aliphatic heterocycles. The van der Waals surface area contributed by atoms with Crippen molar-refractivity contribution in [2.75, 3.05) is 32.9 Å². The average molecular weight is 387 g/mol. The minimum absolute atomic E-state index is 0.153. The molecule has 0 amide bonds. The van der Waals surface area contributed by atoms with E-state index in [1.165, 1.54) is 0 Å². The van der Waals surface area contributed by atoms with Gasteiger partial charge in [0.15, 0.2) is 0 Å². The Bertz CT molecular complexity index is 520. The number of rotatable bonds is 4. The molecule has 128 valence electrons. The van der Waals surface area contributed by atoms with E-state index in [0.29, 0.717) is 19.8 Å². The molecule has 1 atom stereocenters. The summed E-state index contributed by atoms with van der Waals surface area (Å²) in [5.41, 5.74) is -0.630. The van der Waals surface area contributed by atoms with Crippen LogP contribution in [0.5, 0.6) is 0 Å². The summed E-state index contributed by atoms with van der Waals surface area (Å²) in [5, 5.41) is 3.27. The lowest BCUT2D eigenvalue weighted by molar-refractivity contribution is -0.171. The molecule has 6 nitrogen and oxygen atoms in total. The van der Waals surface area contributed by atoms with Crippen LogP contribution >= 0.6 is 15.9 Å². The second-order valence-corrected chi connectivity index (χ2v) is 7.38. The fraction of sp³-hybridized carbons (Fsp3) is 0.625. The van der Waals surface area contributed by atoms with Crippen molar-refractivity contribution in [1.29, 1.82) is 0 Å². The predicted molar refractivity (Wildman–Crippen MR) is 89.1 cm³/mol. The number of nitrogens with zero attached hydrogens (tertiary/aromatic N) is 1. The van der Waals surface area contributed by atoms with Gasteiger partial charge in [0.2, 0.25) is 0 Å². The number of esters is 1. The highest BCUT2D eigenvalue weighted by Gasteiger charge is 2.37. The Morgan fingerprint density at radius 1 is 1.48 bits per heavy atom. The number of hydrogen-bond donors (Lipinski definition) is 1. The van der Waals surface area contributed by atoms with Crippen molar-refractivity contribution >= 4 is 21.9 Å². The maximum atomic E-state index is 12.0. The molecule has 1 fully saturated rings. The Labute approximate surface area is 145 Å². The Balaban J connectivity index is 2.14. The fourth-order valence-electron chi connectivity index (χ4n) is 2.27. The van der Waals surface area contributed by atoms with Crippen LogP contribution in [0.2, 0.25) is 0 Å². The lowest BCUT2D eigenvalue weighted by Crippen LogP contribution is -2.44. The average Bonchev–Trinajstić information content (AvgIpc) is 2.71. The number of nitrogens with one attached hydrogen (secondary N) is 1. The number of aromatic nitrogens is 1. The summed E-state index contributed by atoms with van der Waals surface area (Å²) in [6.45, 7) is 7.50. The molecule has 0 bridgehead atoms. The Morgan fingerprint density at radius 2 is 2.26 bits per heavy atom. The molecule has 1 aromatic rings. The van der Waals surface area contributed by atoms with Gasteiger partial charge in [-0.15, -0.1) is 0 Å². The third kappa shape index (κ3) is 5.53. The van der Waals surface area contributed by atoms with E-state index in [4.69, 9.17) is 14.2 Å². The van der Waals surface area contributed by atoms with E-state index in [2.05, 4.69) is 26.2 Å². The van der Waals surface area contributed by atoms with Crippen LogP contribution in [0.15, 0.2) is 22.8 Å². The van der Waals surface area contributed by atoms with E-state index in [9.17, 15) is 4.79 Å². The number of pyridine rings is 1. The van der Waals surface area contributed by atoms with Crippen LogP contribution in [0.4, 0.5) is 0 Å². The first kappa shape index (κ1) is 18.3. The van der Waals surface area contributed by atoms with Crippen LogP contribution in [-0.4, -0.2) is 49.5 Å². The molecule has 0 spiro atoms. The minimum Gasteiger partial charge on any atom is -0.458 e. The molecule has 1 aliphatic rings. The van der Waals surface area contributed by atoms with E-state index in [1.807, 2.05) is 32.9 Å². The molecule has 1 N–H and O–H groups in total. The summed E-state index contributed by atoms with van der Waals surface area (Å²) >= 11 is 3.37. The van der Waals surface area contributed by atoms with Crippen molar-refractivity contribution in [2.24, 2.45) is 0 Å². The number of carbonyl (C=O) groups excluding carboxylic acids is 1. The fourth-order valence-corrected chi connectivity index (χ4v) is 2.50. The number of hydrogen-bond acceptors (Lipinski definition) is 6. The van der Waals surface area contributed by atoms with Crippen LogP contribution in [0.25, 0.3) is 0 Å². The first-order valence-corrected chi connectivity index (χ1v) is 8.36. The Kier molecular flexibility index (Phi) is 6.13. The summed E-state index contributed by atoms with van der Waals surface area (Å²) in [6, 6.07) is 3.77. The van der Waals surface area contributed by atoms with Gasteiger partial charge < -0.3 is 19.5 Å². The van der Waals surface area contributed by atoms with Crippen LogP contribution in [0, 0.1) is 0 Å². The lowest BCUT2D eigenvalue weighted by atomic mass is 9.99. The zero-order chi connectivity index (χ0) is 16.9. The van der Waals surface area contributed by atoms with Crippen LogP contribution < -0.4 is 5.32 Å². The van der Waals surface area contributed by atoms with Gasteiger partial charge in [-0.3, -0.25) is 4.98 Å². The SMILES string of the molecule is CC(C)(C)OC(=O)COC1(c2ccc(Br)cn2)CNCCOC1. The van der Waals surface area contributed by atoms with Crippen molar-refractivity contribution in [3.05, 3.63) is 28.5 Å². The molecule has 7 heteroatoms. The largest absolute Gasteiger partial charge is 0.458 e. The van der Waals surface area contributed by atoms with Gasteiger partial charge in [-0.1, -0.05) is 0 Å². The number of halogens is 1. The van der Waals surface area contributed by atoms with Gasteiger partial charge in [-0.05, 0) is 48.8 Å². The number of ether oxygens (including phenoxy) is 3. The van der Waals surface area contributed by atoms with Crippen LogP contribution in [-0.2, 0) is 24.6 Å². The highest BCUT2D eigenvalue weighted by atomic mass is 79.9. The van der Waals surface area contributed by atoms with E-state index < -0.39 is 17.2 Å². The van der Waals surface area contributed by atoms with Gasteiger partial charge in [0.25, 0.3) is 0 Å². The quantitative estimate of drug-likeness (QED) is 0.798. The van der Waals surface area contributed by atoms with Crippen molar-refractivity contribution < 1.29 is 19.0 Å². The molecule has 0 saturated carbocycles. The zero-order valence-electron chi connectivity index (χ0n) is 13.7. The van der Waals surface area contributed by atoms with E-state index >= 15 is 0 Å². The molecular formula is C16H23BrN2O4. The second-order valence-electron chi connectivity index (χ2n) is 6.46. The van der Waals surface area contributed by atoms with Crippen LogP contribution in [0.3, 0.4) is 0 Å². The molecule has 2 rings (SSSR count). The molecular weight excluding hydrogens is 364 g/mol. The molecule has 0 radical (unpaired) electrons. The molecule has 0 aliphatic carbocycles. The van der Waals surface area contributed by atoms with Crippen molar-refractivity contribution in [1.82, 2.24) is 10.3 Å². The Hall–Kier alpha value is -1.02. The summed E-state index contributed by atoms with van der Waals surface area (Å²) < 4.78 is 17.8. The second kappa shape index (κ2) is 7.70. The smallest absolute Gasteiger partial charge is 0.332 e. The van der Waals surface area contributed by atoms with Gasteiger partial charge in [-0.25, -0.2) is 4.79 Å².